The maximum atomic E-state index is 12.4. The van der Waals surface area contributed by atoms with E-state index in [9.17, 15) is 9.59 Å². The van der Waals surface area contributed by atoms with Gasteiger partial charge in [0.25, 0.3) is 5.56 Å². The molecule has 1 atom stereocenters. The summed E-state index contributed by atoms with van der Waals surface area (Å²) in [5, 5.41) is 9.06. The van der Waals surface area contributed by atoms with Gasteiger partial charge >= 0.3 is 0 Å². The Morgan fingerprint density at radius 1 is 1.13 bits per heavy atom. The molecule has 0 saturated heterocycles. The Kier molecular flexibility index (Phi) is 4.34. The first-order valence-electron chi connectivity index (χ1n) is 7.15. The Hall–Kier alpha value is -2.73. The van der Waals surface area contributed by atoms with Crippen LogP contribution < -0.4 is 10.9 Å². The van der Waals surface area contributed by atoms with E-state index in [0.29, 0.717) is 11.4 Å². The molecule has 1 unspecified atom stereocenters. The lowest BCUT2D eigenvalue weighted by molar-refractivity contribution is -0.119. The van der Waals surface area contributed by atoms with Crippen LogP contribution in [0.5, 0.6) is 0 Å². The van der Waals surface area contributed by atoms with Crippen molar-refractivity contribution in [3.8, 4) is 10.6 Å². The zero-order valence-electron chi connectivity index (χ0n) is 12.5. The van der Waals surface area contributed by atoms with Crippen LogP contribution in [-0.2, 0) is 4.79 Å². The molecule has 2 heterocycles. The number of benzene rings is 1. The highest BCUT2D eigenvalue weighted by atomic mass is 32.1. The Morgan fingerprint density at radius 3 is 2.61 bits per heavy atom. The Balaban J connectivity index is 1.87. The second kappa shape index (κ2) is 6.58. The number of anilines is 1. The monoisotopic (exact) mass is 325 g/mol. The summed E-state index contributed by atoms with van der Waals surface area (Å²) in [4.78, 5) is 25.4. The molecule has 0 aliphatic heterocycles. The van der Waals surface area contributed by atoms with Crippen molar-refractivity contribution in [1.82, 2.24) is 9.78 Å². The van der Waals surface area contributed by atoms with E-state index in [4.69, 9.17) is 0 Å². The number of carbonyl (C=O) groups is 1. The van der Waals surface area contributed by atoms with Crippen LogP contribution in [0.4, 0.5) is 5.69 Å². The summed E-state index contributed by atoms with van der Waals surface area (Å²) in [7, 11) is 0. The first-order chi connectivity index (χ1) is 11.1. The van der Waals surface area contributed by atoms with Gasteiger partial charge in [0.1, 0.15) is 11.7 Å². The highest BCUT2D eigenvalue weighted by molar-refractivity contribution is 7.13. The predicted molar refractivity (Wildman–Crippen MR) is 91.6 cm³/mol. The van der Waals surface area contributed by atoms with Crippen molar-refractivity contribution in [1.29, 1.82) is 0 Å². The quantitative estimate of drug-likeness (QED) is 0.801. The molecule has 3 rings (SSSR count). The molecule has 0 fully saturated rings. The molecule has 0 spiro atoms. The summed E-state index contributed by atoms with van der Waals surface area (Å²) < 4.78 is 1.22. The molecule has 0 radical (unpaired) electrons. The van der Waals surface area contributed by atoms with Crippen molar-refractivity contribution >= 4 is 22.9 Å². The topological polar surface area (TPSA) is 64.0 Å². The third-order valence-corrected chi connectivity index (χ3v) is 4.28. The van der Waals surface area contributed by atoms with Gasteiger partial charge in [0, 0.05) is 11.8 Å². The molecular formula is C17H15N3O2S. The minimum atomic E-state index is -0.706. The van der Waals surface area contributed by atoms with Gasteiger partial charge in [-0.15, -0.1) is 11.3 Å². The van der Waals surface area contributed by atoms with E-state index < -0.39 is 6.04 Å². The number of hydrogen-bond donors (Lipinski definition) is 1. The largest absolute Gasteiger partial charge is 0.324 e. The molecular weight excluding hydrogens is 310 g/mol. The van der Waals surface area contributed by atoms with Crippen molar-refractivity contribution in [3.05, 3.63) is 70.3 Å². The summed E-state index contributed by atoms with van der Waals surface area (Å²) in [6.45, 7) is 1.66. The van der Waals surface area contributed by atoms with Crippen molar-refractivity contribution < 1.29 is 4.79 Å². The normalized spacial score (nSPS) is 11.9. The smallest absolute Gasteiger partial charge is 0.267 e. The van der Waals surface area contributed by atoms with Gasteiger partial charge in [0.2, 0.25) is 5.91 Å². The maximum Gasteiger partial charge on any atom is 0.267 e. The number of nitrogens with zero attached hydrogens (tertiary/aromatic N) is 2. The van der Waals surface area contributed by atoms with Crippen LogP contribution in [0.3, 0.4) is 0 Å². The van der Waals surface area contributed by atoms with Gasteiger partial charge < -0.3 is 5.32 Å². The Bertz CT molecular complexity index is 857. The van der Waals surface area contributed by atoms with Crippen LogP contribution in [0.25, 0.3) is 10.6 Å². The van der Waals surface area contributed by atoms with Crippen LogP contribution in [-0.4, -0.2) is 15.7 Å². The molecule has 23 heavy (non-hydrogen) atoms. The Morgan fingerprint density at radius 2 is 1.91 bits per heavy atom. The molecule has 1 N–H and O–H groups in total. The first-order valence-corrected chi connectivity index (χ1v) is 8.03. The number of rotatable bonds is 4. The fraction of sp³-hybridized carbons (Fsp3) is 0.118. The van der Waals surface area contributed by atoms with Crippen LogP contribution in [0, 0.1) is 0 Å². The number of aromatic nitrogens is 2. The maximum absolute atomic E-state index is 12.4. The highest BCUT2D eigenvalue weighted by Gasteiger charge is 2.18. The van der Waals surface area contributed by atoms with E-state index in [2.05, 4.69) is 10.4 Å². The molecule has 116 valence electrons. The number of para-hydroxylation sites is 1. The Labute approximate surface area is 137 Å². The molecule has 0 aliphatic carbocycles. The van der Waals surface area contributed by atoms with E-state index in [-0.39, 0.29) is 11.5 Å². The minimum absolute atomic E-state index is 0.283. The number of nitrogens with one attached hydrogen (secondary N) is 1. The molecule has 1 amide bonds. The highest BCUT2D eigenvalue weighted by Crippen LogP contribution is 2.21. The van der Waals surface area contributed by atoms with E-state index in [1.165, 1.54) is 22.1 Å². The van der Waals surface area contributed by atoms with Gasteiger partial charge in [-0.25, -0.2) is 4.68 Å². The summed E-state index contributed by atoms with van der Waals surface area (Å²) >= 11 is 1.53. The van der Waals surface area contributed by atoms with E-state index >= 15 is 0 Å². The van der Waals surface area contributed by atoms with Crippen LogP contribution >= 0.6 is 11.3 Å². The van der Waals surface area contributed by atoms with Gasteiger partial charge in [-0.05, 0) is 36.6 Å². The first kappa shape index (κ1) is 15.2. The van der Waals surface area contributed by atoms with Gasteiger partial charge in [-0.1, -0.05) is 24.3 Å². The van der Waals surface area contributed by atoms with Gasteiger partial charge in [-0.2, -0.15) is 5.10 Å². The summed E-state index contributed by atoms with van der Waals surface area (Å²) in [5.41, 5.74) is 1.06. The third kappa shape index (κ3) is 3.37. The molecule has 2 aromatic heterocycles. The second-order valence-electron chi connectivity index (χ2n) is 5.01. The second-order valence-corrected chi connectivity index (χ2v) is 5.96. The summed E-state index contributed by atoms with van der Waals surface area (Å²) in [5.74, 6) is -0.283. The molecule has 5 nitrogen and oxygen atoms in total. The molecule has 0 aliphatic rings. The molecule has 0 saturated carbocycles. The number of thiophene rings is 1. The average Bonchev–Trinajstić information content (AvgIpc) is 3.10. The molecule has 0 bridgehead atoms. The fourth-order valence-electron chi connectivity index (χ4n) is 2.14. The van der Waals surface area contributed by atoms with Gasteiger partial charge in [-0.3, -0.25) is 9.59 Å². The zero-order valence-corrected chi connectivity index (χ0v) is 13.3. The number of carbonyl (C=O) groups excluding carboxylic acids is 1. The average molecular weight is 325 g/mol. The van der Waals surface area contributed by atoms with Crippen molar-refractivity contribution in [3.63, 3.8) is 0 Å². The third-order valence-electron chi connectivity index (χ3n) is 3.39. The van der Waals surface area contributed by atoms with Gasteiger partial charge in [0.05, 0.1) is 4.88 Å². The molecule has 3 aromatic rings. The minimum Gasteiger partial charge on any atom is -0.324 e. The van der Waals surface area contributed by atoms with Crippen LogP contribution in [0.15, 0.2) is 64.8 Å². The van der Waals surface area contributed by atoms with E-state index in [1.807, 2.05) is 35.7 Å². The van der Waals surface area contributed by atoms with E-state index in [1.54, 1.807) is 25.1 Å². The predicted octanol–water partition coefficient (Wildman–Crippen LogP) is 3.17. The van der Waals surface area contributed by atoms with Crippen molar-refractivity contribution in [2.45, 2.75) is 13.0 Å². The number of hydrogen-bond acceptors (Lipinski definition) is 4. The number of amides is 1. The lowest BCUT2D eigenvalue weighted by Crippen LogP contribution is -2.33. The van der Waals surface area contributed by atoms with Crippen LogP contribution in [0.2, 0.25) is 0 Å². The van der Waals surface area contributed by atoms with E-state index in [0.717, 1.165) is 4.88 Å². The SMILES string of the molecule is CC(C(=O)Nc1ccccc1)n1nc(-c2cccs2)ccc1=O. The molecule has 6 heteroatoms. The fourth-order valence-corrected chi connectivity index (χ4v) is 2.83. The standard InChI is InChI=1S/C17H15N3O2S/c1-12(17(22)18-13-6-3-2-4-7-13)20-16(21)10-9-14(19-20)15-8-5-11-23-15/h2-12H,1H3,(H,18,22). The summed E-state index contributed by atoms with van der Waals surface area (Å²) in [6.07, 6.45) is 0. The van der Waals surface area contributed by atoms with Crippen molar-refractivity contribution in [2.75, 3.05) is 5.32 Å². The lowest BCUT2D eigenvalue weighted by Gasteiger charge is -2.14. The zero-order chi connectivity index (χ0) is 16.2. The molecule has 1 aromatic carbocycles. The summed E-state index contributed by atoms with van der Waals surface area (Å²) in [6, 6.07) is 15.4. The van der Waals surface area contributed by atoms with Crippen molar-refractivity contribution in [2.24, 2.45) is 0 Å². The lowest BCUT2D eigenvalue weighted by atomic mass is 10.2. The van der Waals surface area contributed by atoms with Gasteiger partial charge in [0.15, 0.2) is 0 Å². The van der Waals surface area contributed by atoms with Crippen LogP contribution in [0.1, 0.15) is 13.0 Å².